The van der Waals surface area contributed by atoms with Gasteiger partial charge in [0.15, 0.2) is 0 Å². The molecule has 0 atom stereocenters. The minimum absolute atomic E-state index is 0.158. The van der Waals surface area contributed by atoms with Gasteiger partial charge in [-0.25, -0.2) is 4.79 Å². The molecule has 1 rings (SSSR count). The van der Waals surface area contributed by atoms with Gasteiger partial charge in [-0.2, -0.15) is 5.10 Å². The smallest absolute Gasteiger partial charge is 0.354 e. The lowest BCUT2D eigenvalue weighted by atomic mass is 10.1. The number of carbonyl (C=O) groups is 1. The number of rotatable bonds is 3. The second kappa shape index (κ2) is 3.42. The second-order valence-electron chi connectivity index (χ2n) is 3.56. The zero-order chi connectivity index (χ0) is 10.9. The molecule has 0 saturated carbocycles. The van der Waals surface area contributed by atoms with E-state index < -0.39 is 11.6 Å². The third-order valence-electron chi connectivity index (χ3n) is 2.23. The zero-order valence-electron chi connectivity index (χ0n) is 8.74. The highest BCUT2D eigenvalue weighted by molar-refractivity contribution is 5.85. The van der Waals surface area contributed by atoms with Gasteiger partial charge in [0.2, 0.25) is 0 Å². The van der Waals surface area contributed by atoms with Crippen LogP contribution in [0.2, 0.25) is 0 Å². The molecular formula is C9H14N2O3. The van der Waals surface area contributed by atoms with Gasteiger partial charge in [0.05, 0.1) is 5.69 Å². The van der Waals surface area contributed by atoms with Crippen LogP contribution in [0.25, 0.3) is 0 Å². The quantitative estimate of drug-likeness (QED) is 0.786. The number of aromatic nitrogens is 2. The third kappa shape index (κ3) is 1.77. The molecule has 0 unspecified atom stereocenters. The van der Waals surface area contributed by atoms with Crippen LogP contribution < -0.4 is 0 Å². The Hall–Kier alpha value is -1.36. The molecule has 1 N–H and O–H groups in total. The van der Waals surface area contributed by atoms with Crippen LogP contribution in [-0.4, -0.2) is 28.0 Å². The van der Waals surface area contributed by atoms with Crippen molar-refractivity contribution in [3.05, 3.63) is 17.5 Å². The zero-order valence-corrected chi connectivity index (χ0v) is 8.74. The molecule has 5 nitrogen and oxygen atoms in total. The van der Waals surface area contributed by atoms with E-state index in [4.69, 9.17) is 9.84 Å². The number of carboxylic acid groups (broad SMARTS) is 1. The van der Waals surface area contributed by atoms with Gasteiger partial charge in [-0.05, 0) is 19.9 Å². The number of aromatic carboxylic acids is 1. The van der Waals surface area contributed by atoms with Crippen LogP contribution in [0.3, 0.4) is 0 Å². The Morgan fingerprint density at radius 3 is 2.57 bits per heavy atom. The van der Waals surface area contributed by atoms with Gasteiger partial charge in [-0.15, -0.1) is 0 Å². The predicted octanol–water partition coefficient (Wildman–Crippen LogP) is 1.000. The van der Waals surface area contributed by atoms with E-state index in [1.807, 2.05) is 13.8 Å². The fraction of sp³-hybridized carbons (Fsp3) is 0.556. The van der Waals surface area contributed by atoms with Crippen LogP contribution in [0.5, 0.6) is 0 Å². The Balaban J connectivity index is 3.15. The maximum Gasteiger partial charge on any atom is 0.354 e. The highest BCUT2D eigenvalue weighted by Crippen LogP contribution is 2.22. The summed E-state index contributed by atoms with van der Waals surface area (Å²) in [5.41, 5.74) is 0.205. The summed E-state index contributed by atoms with van der Waals surface area (Å²) in [4.78, 5) is 10.7. The van der Waals surface area contributed by atoms with E-state index in [9.17, 15) is 4.79 Å². The Bertz CT molecular complexity index is 355. The van der Waals surface area contributed by atoms with Crippen LogP contribution in [0.15, 0.2) is 6.07 Å². The summed E-state index contributed by atoms with van der Waals surface area (Å²) in [5.74, 6) is -0.988. The molecule has 14 heavy (non-hydrogen) atoms. The number of aryl methyl sites for hydroxylation is 1. The monoisotopic (exact) mass is 198 g/mol. The van der Waals surface area contributed by atoms with Crippen LogP contribution in [-0.2, 0) is 17.4 Å². The molecule has 0 amide bonds. The molecule has 1 aromatic rings. The van der Waals surface area contributed by atoms with E-state index in [0.29, 0.717) is 5.69 Å². The molecule has 78 valence electrons. The van der Waals surface area contributed by atoms with Gasteiger partial charge >= 0.3 is 5.97 Å². The molecule has 0 saturated heterocycles. The maximum absolute atomic E-state index is 10.7. The molecule has 0 spiro atoms. The topological polar surface area (TPSA) is 64.3 Å². The fourth-order valence-electron chi connectivity index (χ4n) is 1.07. The van der Waals surface area contributed by atoms with Crippen LogP contribution in [0.1, 0.15) is 30.0 Å². The lowest BCUT2D eigenvalue weighted by molar-refractivity contribution is 0.0150. The average molecular weight is 198 g/mol. The molecule has 5 heteroatoms. The predicted molar refractivity (Wildman–Crippen MR) is 50.2 cm³/mol. The SMILES string of the molecule is COC(C)(C)c1cc(C(=O)O)n(C)n1. The summed E-state index contributed by atoms with van der Waals surface area (Å²) >= 11 is 0. The van der Waals surface area contributed by atoms with Crippen molar-refractivity contribution in [1.82, 2.24) is 9.78 Å². The summed E-state index contributed by atoms with van der Waals surface area (Å²) in [6.45, 7) is 3.67. The lowest BCUT2D eigenvalue weighted by Gasteiger charge is -2.19. The van der Waals surface area contributed by atoms with Crippen molar-refractivity contribution in [2.24, 2.45) is 7.05 Å². The summed E-state index contributed by atoms with van der Waals surface area (Å²) < 4.78 is 6.53. The van der Waals surface area contributed by atoms with Gasteiger partial charge in [0.25, 0.3) is 0 Å². The first-order chi connectivity index (χ1) is 6.38. The van der Waals surface area contributed by atoms with Gasteiger partial charge < -0.3 is 9.84 Å². The molecule has 0 aliphatic heterocycles. The summed E-state index contributed by atoms with van der Waals surface area (Å²) in [7, 11) is 3.16. The summed E-state index contributed by atoms with van der Waals surface area (Å²) in [6.07, 6.45) is 0. The largest absolute Gasteiger partial charge is 0.477 e. The minimum Gasteiger partial charge on any atom is -0.477 e. The van der Waals surface area contributed by atoms with E-state index in [1.165, 1.54) is 10.7 Å². The van der Waals surface area contributed by atoms with Gasteiger partial charge in [-0.1, -0.05) is 0 Å². The maximum atomic E-state index is 10.7. The Kier molecular flexibility index (Phi) is 2.62. The highest BCUT2D eigenvalue weighted by Gasteiger charge is 2.25. The summed E-state index contributed by atoms with van der Waals surface area (Å²) in [5, 5.41) is 12.9. The first kappa shape index (κ1) is 10.7. The Morgan fingerprint density at radius 1 is 1.64 bits per heavy atom. The molecule has 1 heterocycles. The molecule has 0 aliphatic carbocycles. The third-order valence-corrected chi connectivity index (χ3v) is 2.23. The number of hydrogen-bond donors (Lipinski definition) is 1. The van der Waals surface area contributed by atoms with Crippen molar-refractivity contribution < 1.29 is 14.6 Å². The number of ether oxygens (including phenoxy) is 1. The van der Waals surface area contributed by atoms with Gasteiger partial charge in [0, 0.05) is 14.2 Å². The van der Waals surface area contributed by atoms with E-state index >= 15 is 0 Å². The molecule has 1 aromatic heterocycles. The number of carboxylic acids is 1. The van der Waals surface area contributed by atoms with Crippen LogP contribution in [0.4, 0.5) is 0 Å². The normalized spacial score (nSPS) is 11.7. The van der Waals surface area contributed by atoms with E-state index in [-0.39, 0.29) is 5.69 Å². The fourth-order valence-corrected chi connectivity index (χ4v) is 1.07. The average Bonchev–Trinajstić information content (AvgIpc) is 2.48. The number of hydrogen-bond acceptors (Lipinski definition) is 3. The molecule has 0 radical (unpaired) electrons. The van der Waals surface area contributed by atoms with E-state index in [1.54, 1.807) is 14.2 Å². The highest BCUT2D eigenvalue weighted by atomic mass is 16.5. The Labute approximate surface area is 82.3 Å². The lowest BCUT2D eigenvalue weighted by Crippen LogP contribution is -2.20. The summed E-state index contributed by atoms with van der Waals surface area (Å²) in [6, 6.07) is 1.52. The number of nitrogens with zero attached hydrogens (tertiary/aromatic N) is 2. The van der Waals surface area contributed by atoms with E-state index in [0.717, 1.165) is 0 Å². The molecule has 0 aromatic carbocycles. The second-order valence-corrected chi connectivity index (χ2v) is 3.56. The van der Waals surface area contributed by atoms with Crippen molar-refractivity contribution in [2.75, 3.05) is 7.11 Å². The molecule has 0 aliphatic rings. The van der Waals surface area contributed by atoms with Crippen LogP contribution in [0, 0.1) is 0 Å². The van der Waals surface area contributed by atoms with Crippen molar-refractivity contribution in [3.8, 4) is 0 Å². The molecule has 0 fully saturated rings. The van der Waals surface area contributed by atoms with Gasteiger partial charge in [0.1, 0.15) is 11.3 Å². The van der Waals surface area contributed by atoms with Gasteiger partial charge in [-0.3, -0.25) is 4.68 Å². The molecular weight excluding hydrogens is 184 g/mol. The van der Waals surface area contributed by atoms with Crippen molar-refractivity contribution in [2.45, 2.75) is 19.4 Å². The Morgan fingerprint density at radius 2 is 2.21 bits per heavy atom. The first-order valence-electron chi connectivity index (χ1n) is 4.21. The van der Waals surface area contributed by atoms with Crippen molar-refractivity contribution >= 4 is 5.97 Å². The number of methoxy groups -OCH3 is 1. The minimum atomic E-state index is -0.988. The van der Waals surface area contributed by atoms with Crippen molar-refractivity contribution in [3.63, 3.8) is 0 Å². The standard InChI is InChI=1S/C9H14N2O3/c1-9(2,14-4)7-5-6(8(12)13)11(3)10-7/h5H,1-4H3,(H,12,13). The molecule has 0 bridgehead atoms. The first-order valence-corrected chi connectivity index (χ1v) is 4.21. The van der Waals surface area contributed by atoms with Crippen LogP contribution >= 0.6 is 0 Å². The van der Waals surface area contributed by atoms with Crippen molar-refractivity contribution in [1.29, 1.82) is 0 Å². The van der Waals surface area contributed by atoms with E-state index in [2.05, 4.69) is 5.10 Å².